The molecule has 1 aromatic heterocycles. The summed E-state index contributed by atoms with van der Waals surface area (Å²) in [7, 11) is 1.65. The van der Waals surface area contributed by atoms with Gasteiger partial charge in [0.15, 0.2) is 11.5 Å². The van der Waals surface area contributed by atoms with Crippen molar-refractivity contribution in [3.05, 3.63) is 83.7 Å². The molecule has 1 aliphatic rings. The molecule has 0 radical (unpaired) electrons. The van der Waals surface area contributed by atoms with Crippen molar-refractivity contribution in [1.82, 2.24) is 9.55 Å². The molecule has 4 aromatic rings. The fourth-order valence-electron chi connectivity index (χ4n) is 5.01. The number of amides is 1. The Kier molecular flexibility index (Phi) is 6.45. The Morgan fingerprint density at radius 3 is 2.57 bits per heavy atom. The minimum Gasteiger partial charge on any atom is -0.493 e. The van der Waals surface area contributed by atoms with Gasteiger partial charge in [0.2, 0.25) is 5.91 Å². The molecule has 35 heavy (non-hydrogen) atoms. The van der Waals surface area contributed by atoms with E-state index in [4.69, 9.17) is 14.5 Å². The second kappa shape index (κ2) is 9.82. The molecule has 5 rings (SSSR count). The summed E-state index contributed by atoms with van der Waals surface area (Å²) in [5.74, 6) is 2.66. The van der Waals surface area contributed by atoms with Gasteiger partial charge in [0, 0.05) is 31.1 Å². The number of methoxy groups -OCH3 is 1. The molecule has 6 heteroatoms. The molecule has 0 saturated carbocycles. The van der Waals surface area contributed by atoms with Crippen LogP contribution in [0.2, 0.25) is 0 Å². The zero-order valence-corrected chi connectivity index (χ0v) is 20.5. The van der Waals surface area contributed by atoms with Crippen LogP contribution >= 0.6 is 0 Å². The summed E-state index contributed by atoms with van der Waals surface area (Å²) in [4.78, 5) is 20.0. The zero-order valence-electron chi connectivity index (χ0n) is 20.5. The third-order valence-electron chi connectivity index (χ3n) is 6.67. The van der Waals surface area contributed by atoms with Crippen molar-refractivity contribution in [2.45, 2.75) is 39.2 Å². The first-order chi connectivity index (χ1) is 17.0. The number of fused-ring (bicyclic) bond motifs is 1. The van der Waals surface area contributed by atoms with Crippen molar-refractivity contribution < 1.29 is 14.3 Å². The van der Waals surface area contributed by atoms with Gasteiger partial charge in [-0.3, -0.25) is 4.79 Å². The Morgan fingerprint density at radius 2 is 1.77 bits per heavy atom. The predicted molar refractivity (Wildman–Crippen MR) is 138 cm³/mol. The predicted octanol–water partition coefficient (Wildman–Crippen LogP) is 5.65. The molecule has 1 unspecified atom stereocenters. The second-order valence-corrected chi connectivity index (χ2v) is 9.16. The summed E-state index contributed by atoms with van der Waals surface area (Å²) in [6, 6.07) is 22.1. The number of aryl methyl sites for hydroxylation is 3. The van der Waals surface area contributed by atoms with Gasteiger partial charge >= 0.3 is 0 Å². The van der Waals surface area contributed by atoms with Gasteiger partial charge in [-0.2, -0.15) is 0 Å². The molecule has 180 valence electrons. The van der Waals surface area contributed by atoms with Crippen LogP contribution in [0.4, 0.5) is 5.69 Å². The van der Waals surface area contributed by atoms with Gasteiger partial charge in [0.1, 0.15) is 5.82 Å². The van der Waals surface area contributed by atoms with Crippen LogP contribution in [0, 0.1) is 13.8 Å². The van der Waals surface area contributed by atoms with Crippen molar-refractivity contribution in [1.29, 1.82) is 0 Å². The highest BCUT2D eigenvalue weighted by molar-refractivity contribution is 5.97. The van der Waals surface area contributed by atoms with E-state index in [-0.39, 0.29) is 11.8 Å². The SMILES string of the molecule is COc1ccccc1OCCCn1c(C2CC(=O)N(c3ccc(C)cc3C)C2)nc2ccccc21. The summed E-state index contributed by atoms with van der Waals surface area (Å²) in [5, 5.41) is 0. The topological polar surface area (TPSA) is 56.6 Å². The number of para-hydroxylation sites is 4. The first-order valence-corrected chi connectivity index (χ1v) is 12.1. The molecule has 1 fully saturated rings. The summed E-state index contributed by atoms with van der Waals surface area (Å²) in [5.41, 5.74) is 5.38. The molecule has 1 saturated heterocycles. The van der Waals surface area contributed by atoms with Crippen molar-refractivity contribution in [2.24, 2.45) is 0 Å². The van der Waals surface area contributed by atoms with Gasteiger partial charge < -0.3 is 18.9 Å². The Morgan fingerprint density at radius 1 is 1.00 bits per heavy atom. The Bertz CT molecular complexity index is 1360. The Balaban J connectivity index is 1.35. The highest BCUT2D eigenvalue weighted by Crippen LogP contribution is 2.35. The molecule has 0 N–H and O–H groups in total. The van der Waals surface area contributed by atoms with Crippen LogP contribution in [0.25, 0.3) is 11.0 Å². The maximum Gasteiger partial charge on any atom is 0.227 e. The second-order valence-electron chi connectivity index (χ2n) is 9.16. The van der Waals surface area contributed by atoms with E-state index in [1.807, 2.05) is 47.4 Å². The third-order valence-corrected chi connectivity index (χ3v) is 6.67. The molecule has 1 atom stereocenters. The van der Waals surface area contributed by atoms with E-state index in [1.54, 1.807) is 7.11 Å². The molecular weight excluding hydrogens is 438 g/mol. The summed E-state index contributed by atoms with van der Waals surface area (Å²) in [6.07, 6.45) is 1.28. The average Bonchev–Trinajstić information content (AvgIpc) is 3.42. The van der Waals surface area contributed by atoms with E-state index in [2.05, 4.69) is 42.7 Å². The number of benzene rings is 3. The first-order valence-electron chi connectivity index (χ1n) is 12.1. The average molecular weight is 470 g/mol. The lowest BCUT2D eigenvalue weighted by Crippen LogP contribution is -2.25. The highest BCUT2D eigenvalue weighted by Gasteiger charge is 2.35. The summed E-state index contributed by atoms with van der Waals surface area (Å²) >= 11 is 0. The van der Waals surface area contributed by atoms with Crippen LogP contribution < -0.4 is 14.4 Å². The number of ether oxygens (including phenoxy) is 2. The lowest BCUT2D eigenvalue weighted by molar-refractivity contribution is -0.117. The van der Waals surface area contributed by atoms with Crippen LogP contribution in [0.3, 0.4) is 0 Å². The van der Waals surface area contributed by atoms with Gasteiger partial charge in [-0.05, 0) is 56.2 Å². The van der Waals surface area contributed by atoms with Crippen LogP contribution in [-0.2, 0) is 11.3 Å². The van der Waals surface area contributed by atoms with Gasteiger partial charge in [0.05, 0.1) is 24.8 Å². The quantitative estimate of drug-likeness (QED) is 0.313. The number of anilines is 1. The Labute approximate surface area is 206 Å². The fourth-order valence-corrected chi connectivity index (χ4v) is 5.01. The molecule has 1 aliphatic heterocycles. The number of aromatic nitrogens is 2. The maximum absolute atomic E-state index is 13.1. The van der Waals surface area contributed by atoms with Gasteiger partial charge in [-0.15, -0.1) is 0 Å². The number of hydrogen-bond donors (Lipinski definition) is 0. The van der Waals surface area contributed by atoms with E-state index in [0.29, 0.717) is 19.6 Å². The number of nitrogens with zero attached hydrogens (tertiary/aromatic N) is 3. The van der Waals surface area contributed by atoms with Gasteiger partial charge in [-0.1, -0.05) is 42.0 Å². The monoisotopic (exact) mass is 469 g/mol. The lowest BCUT2D eigenvalue weighted by atomic mass is 10.1. The molecule has 0 spiro atoms. The van der Waals surface area contributed by atoms with Crippen molar-refractivity contribution in [3.63, 3.8) is 0 Å². The van der Waals surface area contributed by atoms with E-state index in [9.17, 15) is 4.79 Å². The van der Waals surface area contributed by atoms with Crippen LogP contribution in [0.15, 0.2) is 66.7 Å². The van der Waals surface area contributed by atoms with Gasteiger partial charge in [-0.25, -0.2) is 4.98 Å². The van der Waals surface area contributed by atoms with E-state index >= 15 is 0 Å². The lowest BCUT2D eigenvalue weighted by Gasteiger charge is -2.20. The number of imidazole rings is 1. The molecule has 1 amide bonds. The minimum absolute atomic E-state index is 0.0470. The number of hydrogen-bond acceptors (Lipinski definition) is 4. The van der Waals surface area contributed by atoms with Crippen LogP contribution in [0.1, 0.15) is 35.7 Å². The molecule has 6 nitrogen and oxygen atoms in total. The standard InChI is InChI=1S/C29H31N3O3/c1-20-13-14-24(21(2)17-20)32-19-22(18-28(32)33)29-30-23-9-4-5-10-25(23)31(29)15-8-16-35-27-12-7-6-11-26(27)34-3/h4-7,9-14,17,22H,8,15-16,18-19H2,1-3H3. The molecule has 0 aliphatic carbocycles. The zero-order chi connectivity index (χ0) is 24.4. The number of carbonyl (C=O) groups is 1. The summed E-state index contributed by atoms with van der Waals surface area (Å²) < 4.78 is 13.7. The van der Waals surface area contributed by atoms with Crippen molar-refractivity contribution in [2.75, 3.05) is 25.2 Å². The number of carbonyl (C=O) groups excluding carboxylic acids is 1. The highest BCUT2D eigenvalue weighted by atomic mass is 16.5. The first kappa shape index (κ1) is 23.0. The maximum atomic E-state index is 13.1. The fraction of sp³-hybridized carbons (Fsp3) is 0.310. The van der Waals surface area contributed by atoms with E-state index in [0.717, 1.165) is 52.6 Å². The van der Waals surface area contributed by atoms with E-state index < -0.39 is 0 Å². The smallest absolute Gasteiger partial charge is 0.227 e. The third kappa shape index (κ3) is 4.61. The number of rotatable bonds is 8. The van der Waals surface area contributed by atoms with Crippen molar-refractivity contribution >= 4 is 22.6 Å². The normalized spacial score (nSPS) is 15.7. The molecular formula is C29H31N3O3. The van der Waals surface area contributed by atoms with Crippen LogP contribution in [-0.4, -0.2) is 35.7 Å². The van der Waals surface area contributed by atoms with Gasteiger partial charge in [0.25, 0.3) is 0 Å². The molecule has 2 heterocycles. The van der Waals surface area contributed by atoms with E-state index in [1.165, 1.54) is 5.56 Å². The molecule has 3 aromatic carbocycles. The minimum atomic E-state index is 0.0470. The largest absolute Gasteiger partial charge is 0.493 e. The summed E-state index contributed by atoms with van der Waals surface area (Å²) in [6.45, 7) is 6.11. The molecule has 0 bridgehead atoms. The van der Waals surface area contributed by atoms with Crippen LogP contribution in [0.5, 0.6) is 11.5 Å². The Hall–Kier alpha value is -3.80. The van der Waals surface area contributed by atoms with Crippen molar-refractivity contribution in [3.8, 4) is 11.5 Å².